The Morgan fingerprint density at radius 1 is 1.26 bits per heavy atom. The summed E-state index contributed by atoms with van der Waals surface area (Å²) in [6.45, 7) is 0.790. The van der Waals surface area contributed by atoms with Crippen molar-refractivity contribution in [1.82, 2.24) is 5.32 Å². The fourth-order valence-corrected chi connectivity index (χ4v) is 2.88. The molecule has 2 atom stereocenters. The molecule has 1 N–H and O–H groups in total. The molecule has 1 aromatic heterocycles. The van der Waals surface area contributed by atoms with E-state index in [-0.39, 0.29) is 0 Å². The Hall–Kier alpha value is -1.74. The lowest BCUT2D eigenvalue weighted by Crippen LogP contribution is -2.36. The lowest BCUT2D eigenvalue weighted by atomic mass is 9.84. The summed E-state index contributed by atoms with van der Waals surface area (Å²) in [5.41, 5.74) is 1.31. The highest BCUT2D eigenvalue weighted by molar-refractivity contribution is 5.38. The standard InChI is InChI=1S/C16H19NO2/c1-17-15(11-12-5-4-9-18-12)13-8-10-19-16-7-3-2-6-14(13)16/h2-7,9,13,15,17H,8,10-11H2,1H3. The van der Waals surface area contributed by atoms with Gasteiger partial charge in [-0.05, 0) is 37.2 Å². The predicted molar refractivity (Wildman–Crippen MR) is 74.6 cm³/mol. The summed E-state index contributed by atoms with van der Waals surface area (Å²) in [4.78, 5) is 0. The number of hydrogen-bond donors (Lipinski definition) is 1. The van der Waals surface area contributed by atoms with Gasteiger partial charge in [0.25, 0.3) is 0 Å². The fourth-order valence-electron chi connectivity index (χ4n) is 2.88. The molecular formula is C16H19NO2. The maximum Gasteiger partial charge on any atom is 0.122 e. The van der Waals surface area contributed by atoms with E-state index in [1.54, 1.807) is 6.26 Å². The van der Waals surface area contributed by atoms with E-state index in [9.17, 15) is 0 Å². The quantitative estimate of drug-likeness (QED) is 0.914. The zero-order chi connectivity index (χ0) is 13.1. The van der Waals surface area contributed by atoms with Crippen LogP contribution in [0.2, 0.25) is 0 Å². The molecule has 3 nitrogen and oxygen atoms in total. The molecular weight excluding hydrogens is 238 g/mol. The van der Waals surface area contributed by atoms with Crippen molar-refractivity contribution in [3.05, 3.63) is 54.0 Å². The molecule has 0 saturated carbocycles. The molecule has 0 bridgehead atoms. The van der Waals surface area contributed by atoms with Crippen molar-refractivity contribution in [1.29, 1.82) is 0 Å². The number of para-hydroxylation sites is 1. The number of fused-ring (bicyclic) bond motifs is 1. The van der Waals surface area contributed by atoms with Crippen LogP contribution in [0.4, 0.5) is 0 Å². The molecule has 2 unspecified atom stereocenters. The van der Waals surface area contributed by atoms with Gasteiger partial charge in [0.15, 0.2) is 0 Å². The van der Waals surface area contributed by atoms with E-state index in [1.165, 1.54) is 5.56 Å². The van der Waals surface area contributed by atoms with Crippen LogP contribution < -0.4 is 10.1 Å². The summed E-state index contributed by atoms with van der Waals surface area (Å²) >= 11 is 0. The topological polar surface area (TPSA) is 34.4 Å². The van der Waals surface area contributed by atoms with E-state index in [4.69, 9.17) is 9.15 Å². The SMILES string of the molecule is CNC(Cc1ccco1)C1CCOc2ccccc21. The predicted octanol–water partition coefficient (Wildman–Crippen LogP) is 2.98. The van der Waals surface area contributed by atoms with Gasteiger partial charge in [0.2, 0.25) is 0 Å². The Morgan fingerprint density at radius 2 is 2.16 bits per heavy atom. The van der Waals surface area contributed by atoms with Gasteiger partial charge in [-0.25, -0.2) is 0 Å². The molecule has 1 aliphatic heterocycles. The van der Waals surface area contributed by atoms with Gasteiger partial charge >= 0.3 is 0 Å². The number of nitrogens with one attached hydrogen (secondary N) is 1. The van der Waals surface area contributed by atoms with Crippen molar-refractivity contribution in [3.63, 3.8) is 0 Å². The Morgan fingerprint density at radius 3 is 2.95 bits per heavy atom. The molecule has 0 amide bonds. The Balaban J connectivity index is 1.84. The summed E-state index contributed by atoms with van der Waals surface area (Å²) in [5.74, 6) is 2.53. The van der Waals surface area contributed by atoms with Gasteiger partial charge in [-0.15, -0.1) is 0 Å². The van der Waals surface area contributed by atoms with Gasteiger partial charge in [0, 0.05) is 18.4 Å². The largest absolute Gasteiger partial charge is 0.493 e. The smallest absolute Gasteiger partial charge is 0.122 e. The minimum absolute atomic E-state index is 0.371. The molecule has 3 rings (SSSR count). The van der Waals surface area contributed by atoms with Crippen LogP contribution in [0.1, 0.15) is 23.7 Å². The summed E-state index contributed by atoms with van der Waals surface area (Å²) in [5, 5.41) is 3.44. The van der Waals surface area contributed by atoms with Crippen LogP contribution in [-0.4, -0.2) is 19.7 Å². The lowest BCUT2D eigenvalue weighted by molar-refractivity contribution is 0.244. The van der Waals surface area contributed by atoms with Gasteiger partial charge in [0.05, 0.1) is 12.9 Å². The third-order valence-corrected chi connectivity index (χ3v) is 3.86. The average molecular weight is 257 g/mol. The zero-order valence-corrected chi connectivity index (χ0v) is 11.1. The van der Waals surface area contributed by atoms with Gasteiger partial charge < -0.3 is 14.5 Å². The first-order chi connectivity index (χ1) is 9.38. The van der Waals surface area contributed by atoms with Crippen LogP contribution in [0.15, 0.2) is 47.1 Å². The molecule has 2 aromatic rings. The van der Waals surface area contributed by atoms with Gasteiger partial charge in [-0.3, -0.25) is 0 Å². The van der Waals surface area contributed by atoms with Crippen LogP contribution in [-0.2, 0) is 6.42 Å². The number of hydrogen-bond acceptors (Lipinski definition) is 3. The Kier molecular flexibility index (Phi) is 3.56. The van der Waals surface area contributed by atoms with Crippen molar-refractivity contribution in [2.45, 2.75) is 24.8 Å². The monoisotopic (exact) mass is 257 g/mol. The molecule has 0 aliphatic carbocycles. The molecule has 1 aliphatic rings. The first-order valence-corrected chi connectivity index (χ1v) is 6.80. The summed E-state index contributed by atoms with van der Waals surface area (Å²) < 4.78 is 11.2. The van der Waals surface area contributed by atoms with Gasteiger partial charge in [-0.2, -0.15) is 0 Å². The lowest BCUT2D eigenvalue weighted by Gasteiger charge is -2.31. The van der Waals surface area contributed by atoms with Crippen LogP contribution in [0.5, 0.6) is 5.75 Å². The number of rotatable bonds is 4. The third-order valence-electron chi connectivity index (χ3n) is 3.86. The number of benzene rings is 1. The zero-order valence-electron chi connectivity index (χ0n) is 11.1. The number of ether oxygens (including phenoxy) is 1. The second-order valence-electron chi connectivity index (χ2n) is 4.96. The molecule has 0 saturated heterocycles. The minimum Gasteiger partial charge on any atom is -0.493 e. The molecule has 0 fully saturated rings. The molecule has 0 radical (unpaired) electrons. The van der Waals surface area contributed by atoms with Crippen molar-refractivity contribution >= 4 is 0 Å². The maximum absolute atomic E-state index is 5.73. The first-order valence-electron chi connectivity index (χ1n) is 6.80. The molecule has 0 spiro atoms. The second kappa shape index (κ2) is 5.49. The number of likely N-dealkylation sites (N-methyl/N-ethyl adjacent to an activating group) is 1. The van der Waals surface area contributed by atoms with Crippen molar-refractivity contribution < 1.29 is 9.15 Å². The molecule has 100 valence electrons. The number of furan rings is 1. The van der Waals surface area contributed by atoms with E-state index < -0.39 is 0 Å². The van der Waals surface area contributed by atoms with Crippen LogP contribution in [0.3, 0.4) is 0 Å². The average Bonchev–Trinajstić information content (AvgIpc) is 2.97. The minimum atomic E-state index is 0.371. The molecule has 3 heteroatoms. The fraction of sp³-hybridized carbons (Fsp3) is 0.375. The van der Waals surface area contributed by atoms with Crippen LogP contribution in [0, 0.1) is 0 Å². The van der Waals surface area contributed by atoms with Crippen LogP contribution in [0.25, 0.3) is 0 Å². The highest BCUT2D eigenvalue weighted by Gasteiger charge is 2.28. The third kappa shape index (κ3) is 2.51. The van der Waals surface area contributed by atoms with E-state index in [2.05, 4.69) is 23.5 Å². The molecule has 2 heterocycles. The van der Waals surface area contributed by atoms with Crippen molar-refractivity contribution in [2.24, 2.45) is 0 Å². The summed E-state index contributed by atoms with van der Waals surface area (Å²) in [6, 6.07) is 12.7. The van der Waals surface area contributed by atoms with E-state index in [0.717, 1.165) is 31.0 Å². The molecule has 19 heavy (non-hydrogen) atoms. The van der Waals surface area contributed by atoms with E-state index in [1.807, 2.05) is 25.2 Å². The van der Waals surface area contributed by atoms with E-state index in [0.29, 0.717) is 12.0 Å². The van der Waals surface area contributed by atoms with Crippen LogP contribution >= 0.6 is 0 Å². The first kappa shape index (κ1) is 12.3. The van der Waals surface area contributed by atoms with Gasteiger partial charge in [-0.1, -0.05) is 18.2 Å². The highest BCUT2D eigenvalue weighted by Crippen LogP contribution is 2.36. The summed E-state index contributed by atoms with van der Waals surface area (Å²) in [7, 11) is 2.02. The normalized spacial score (nSPS) is 19.5. The van der Waals surface area contributed by atoms with Gasteiger partial charge in [0.1, 0.15) is 11.5 Å². The Bertz CT molecular complexity index is 521. The van der Waals surface area contributed by atoms with Crippen molar-refractivity contribution in [3.8, 4) is 5.75 Å². The van der Waals surface area contributed by atoms with Crippen molar-refractivity contribution in [2.75, 3.05) is 13.7 Å². The second-order valence-corrected chi connectivity index (χ2v) is 4.96. The highest BCUT2D eigenvalue weighted by atomic mass is 16.5. The maximum atomic E-state index is 5.73. The molecule has 1 aromatic carbocycles. The Labute approximate surface area is 113 Å². The van der Waals surface area contributed by atoms with E-state index >= 15 is 0 Å². The summed E-state index contributed by atoms with van der Waals surface area (Å²) in [6.07, 6.45) is 3.69.